The number of rotatable bonds is 4. The highest BCUT2D eigenvalue weighted by Crippen LogP contribution is 2.07. The van der Waals surface area contributed by atoms with Gasteiger partial charge in [-0.25, -0.2) is 0 Å². The highest BCUT2D eigenvalue weighted by molar-refractivity contribution is 5.52. The molecule has 0 spiro atoms. The van der Waals surface area contributed by atoms with Crippen LogP contribution in [0.25, 0.3) is 6.08 Å². The van der Waals surface area contributed by atoms with E-state index in [0.29, 0.717) is 6.54 Å². The molecule has 0 aromatic heterocycles. The van der Waals surface area contributed by atoms with Crippen molar-refractivity contribution < 1.29 is 0 Å². The van der Waals surface area contributed by atoms with E-state index in [9.17, 15) is 0 Å². The van der Waals surface area contributed by atoms with Crippen molar-refractivity contribution in [3.8, 4) is 0 Å². The smallest absolute Gasteiger partial charge is 0.0498 e. The molecule has 0 aliphatic rings. The van der Waals surface area contributed by atoms with Crippen LogP contribution in [0.1, 0.15) is 5.56 Å². The average molecular weight is 191 g/mol. The number of hydrogen-bond acceptors (Lipinski definition) is 3. The van der Waals surface area contributed by atoms with Crippen LogP contribution in [0.3, 0.4) is 0 Å². The standard InChI is InChI=1S/C11H17N3/c1-14(2)11(9-13-12)8-10-6-4-3-5-7-10/h3-8,13H,9,12H2,1-2H3. The number of likely N-dealkylation sites (N-methyl/N-ethyl adjacent to an activating group) is 1. The van der Waals surface area contributed by atoms with Gasteiger partial charge >= 0.3 is 0 Å². The van der Waals surface area contributed by atoms with Crippen LogP contribution in [-0.4, -0.2) is 25.5 Å². The largest absolute Gasteiger partial charge is 0.380 e. The van der Waals surface area contributed by atoms with Gasteiger partial charge in [0.15, 0.2) is 0 Å². The van der Waals surface area contributed by atoms with Crippen LogP contribution in [0.15, 0.2) is 36.0 Å². The molecule has 3 N–H and O–H groups in total. The van der Waals surface area contributed by atoms with Crippen molar-refractivity contribution in [1.29, 1.82) is 0 Å². The molecular weight excluding hydrogens is 174 g/mol. The topological polar surface area (TPSA) is 41.3 Å². The maximum Gasteiger partial charge on any atom is 0.0498 e. The first-order valence-electron chi connectivity index (χ1n) is 4.60. The van der Waals surface area contributed by atoms with E-state index in [1.807, 2.05) is 37.2 Å². The monoisotopic (exact) mass is 191 g/mol. The maximum absolute atomic E-state index is 5.30. The first kappa shape index (κ1) is 10.8. The third kappa shape index (κ3) is 3.20. The summed E-state index contributed by atoms with van der Waals surface area (Å²) < 4.78 is 0. The first-order chi connectivity index (χ1) is 6.74. The van der Waals surface area contributed by atoms with Crippen molar-refractivity contribution in [2.75, 3.05) is 20.6 Å². The fraction of sp³-hybridized carbons (Fsp3) is 0.273. The van der Waals surface area contributed by atoms with E-state index in [1.165, 1.54) is 5.56 Å². The Kier molecular flexibility index (Phi) is 4.16. The molecule has 1 aromatic rings. The summed E-state index contributed by atoms with van der Waals surface area (Å²) in [5, 5.41) is 0. The van der Waals surface area contributed by atoms with Gasteiger partial charge in [0.05, 0.1) is 0 Å². The van der Waals surface area contributed by atoms with E-state index in [4.69, 9.17) is 5.84 Å². The Labute approximate surface area is 85.2 Å². The van der Waals surface area contributed by atoms with Crippen LogP contribution in [-0.2, 0) is 0 Å². The molecule has 0 bridgehead atoms. The third-order valence-electron chi connectivity index (χ3n) is 1.99. The van der Waals surface area contributed by atoms with Gasteiger partial charge in [0, 0.05) is 26.3 Å². The lowest BCUT2D eigenvalue weighted by Crippen LogP contribution is -2.29. The Balaban J connectivity index is 2.82. The van der Waals surface area contributed by atoms with Gasteiger partial charge < -0.3 is 4.90 Å². The van der Waals surface area contributed by atoms with Crippen LogP contribution in [0.2, 0.25) is 0 Å². The average Bonchev–Trinajstić information content (AvgIpc) is 2.18. The zero-order valence-electron chi connectivity index (χ0n) is 8.70. The molecule has 14 heavy (non-hydrogen) atoms. The minimum atomic E-state index is 0.669. The summed E-state index contributed by atoms with van der Waals surface area (Å²) in [5.74, 6) is 5.30. The number of nitrogens with one attached hydrogen (secondary N) is 1. The summed E-state index contributed by atoms with van der Waals surface area (Å²) in [5.41, 5.74) is 5.00. The van der Waals surface area contributed by atoms with Crippen LogP contribution >= 0.6 is 0 Å². The summed E-state index contributed by atoms with van der Waals surface area (Å²) >= 11 is 0. The van der Waals surface area contributed by atoms with Gasteiger partial charge in [0.2, 0.25) is 0 Å². The molecule has 3 heteroatoms. The lowest BCUT2D eigenvalue weighted by atomic mass is 10.2. The molecule has 0 radical (unpaired) electrons. The van der Waals surface area contributed by atoms with Gasteiger partial charge in [-0.1, -0.05) is 30.3 Å². The molecule has 0 heterocycles. The van der Waals surface area contributed by atoms with Gasteiger partial charge in [-0.3, -0.25) is 11.3 Å². The molecule has 76 valence electrons. The molecule has 1 aromatic carbocycles. The highest BCUT2D eigenvalue weighted by atomic mass is 15.2. The van der Waals surface area contributed by atoms with Crippen LogP contribution < -0.4 is 11.3 Å². The lowest BCUT2D eigenvalue weighted by molar-refractivity contribution is 0.490. The number of nitrogens with zero attached hydrogens (tertiary/aromatic N) is 1. The fourth-order valence-corrected chi connectivity index (χ4v) is 1.18. The Morgan fingerprint density at radius 3 is 2.50 bits per heavy atom. The van der Waals surface area contributed by atoms with Gasteiger partial charge in [-0.2, -0.15) is 0 Å². The molecule has 0 fully saturated rings. The van der Waals surface area contributed by atoms with Crippen molar-refractivity contribution in [2.45, 2.75) is 0 Å². The van der Waals surface area contributed by atoms with Crippen LogP contribution in [0.5, 0.6) is 0 Å². The molecule has 0 aliphatic heterocycles. The molecule has 0 saturated heterocycles. The quantitative estimate of drug-likeness (QED) is 0.552. The Bertz CT molecular complexity index is 291. The zero-order valence-corrected chi connectivity index (χ0v) is 8.70. The van der Waals surface area contributed by atoms with E-state index in [-0.39, 0.29) is 0 Å². The Hall–Kier alpha value is -1.32. The SMILES string of the molecule is CN(C)C(=Cc1ccccc1)CNN. The predicted molar refractivity (Wildman–Crippen MR) is 60.3 cm³/mol. The number of nitrogens with two attached hydrogens (primary N) is 1. The predicted octanol–water partition coefficient (Wildman–Crippen LogP) is 1.05. The van der Waals surface area contributed by atoms with Crippen molar-refractivity contribution in [1.82, 2.24) is 10.3 Å². The Morgan fingerprint density at radius 2 is 2.00 bits per heavy atom. The van der Waals surface area contributed by atoms with E-state index in [2.05, 4.69) is 23.6 Å². The molecular formula is C11H17N3. The second-order valence-electron chi connectivity index (χ2n) is 3.32. The third-order valence-corrected chi connectivity index (χ3v) is 1.99. The Morgan fingerprint density at radius 1 is 1.36 bits per heavy atom. The number of hydrazine groups is 1. The van der Waals surface area contributed by atoms with E-state index >= 15 is 0 Å². The van der Waals surface area contributed by atoms with Crippen molar-refractivity contribution >= 4 is 6.08 Å². The van der Waals surface area contributed by atoms with Crippen LogP contribution in [0, 0.1) is 0 Å². The molecule has 0 saturated carbocycles. The van der Waals surface area contributed by atoms with E-state index in [1.54, 1.807) is 0 Å². The van der Waals surface area contributed by atoms with E-state index < -0.39 is 0 Å². The molecule has 0 amide bonds. The van der Waals surface area contributed by atoms with Crippen molar-refractivity contribution in [3.05, 3.63) is 41.6 Å². The highest BCUT2D eigenvalue weighted by Gasteiger charge is 1.98. The molecule has 1 rings (SSSR count). The van der Waals surface area contributed by atoms with Crippen molar-refractivity contribution in [3.63, 3.8) is 0 Å². The van der Waals surface area contributed by atoms with Crippen molar-refractivity contribution in [2.24, 2.45) is 5.84 Å². The summed E-state index contributed by atoms with van der Waals surface area (Å²) in [6.45, 7) is 0.669. The molecule has 3 nitrogen and oxygen atoms in total. The van der Waals surface area contributed by atoms with Gasteiger partial charge in [-0.15, -0.1) is 0 Å². The summed E-state index contributed by atoms with van der Waals surface area (Å²) in [7, 11) is 4.01. The molecule has 0 unspecified atom stereocenters. The van der Waals surface area contributed by atoms with E-state index in [0.717, 1.165) is 5.70 Å². The zero-order chi connectivity index (χ0) is 10.4. The molecule has 0 atom stereocenters. The lowest BCUT2D eigenvalue weighted by Gasteiger charge is -2.16. The van der Waals surface area contributed by atoms with Gasteiger partial charge in [0.25, 0.3) is 0 Å². The normalized spacial score (nSPS) is 11.5. The summed E-state index contributed by atoms with van der Waals surface area (Å²) in [6.07, 6.45) is 2.11. The maximum atomic E-state index is 5.30. The minimum absolute atomic E-state index is 0.669. The number of benzene rings is 1. The van der Waals surface area contributed by atoms with Crippen LogP contribution in [0.4, 0.5) is 0 Å². The number of hydrogen-bond donors (Lipinski definition) is 2. The fourth-order valence-electron chi connectivity index (χ4n) is 1.18. The summed E-state index contributed by atoms with van der Waals surface area (Å²) in [4.78, 5) is 2.05. The first-order valence-corrected chi connectivity index (χ1v) is 4.60. The second kappa shape index (κ2) is 5.42. The van der Waals surface area contributed by atoms with Gasteiger partial charge in [-0.05, 0) is 11.6 Å². The minimum Gasteiger partial charge on any atom is -0.380 e. The second-order valence-corrected chi connectivity index (χ2v) is 3.32. The molecule has 0 aliphatic carbocycles. The van der Waals surface area contributed by atoms with Gasteiger partial charge in [0.1, 0.15) is 0 Å². The summed E-state index contributed by atoms with van der Waals surface area (Å²) in [6, 6.07) is 10.2.